The molecule has 1 N–H and O–H groups in total. The zero-order valence-corrected chi connectivity index (χ0v) is 10.7. The molecule has 0 atom stereocenters. The SMILES string of the molecule is CNCc1cc(-c2cc(OC)ccc2OC)on1. The molecule has 0 saturated carbocycles. The van der Waals surface area contributed by atoms with Gasteiger partial charge in [0.05, 0.1) is 25.5 Å². The predicted molar refractivity (Wildman–Crippen MR) is 67.8 cm³/mol. The van der Waals surface area contributed by atoms with E-state index in [-0.39, 0.29) is 0 Å². The zero-order chi connectivity index (χ0) is 13.0. The normalized spacial score (nSPS) is 10.4. The topological polar surface area (TPSA) is 56.5 Å². The van der Waals surface area contributed by atoms with Gasteiger partial charge in [-0.1, -0.05) is 5.16 Å². The second kappa shape index (κ2) is 5.55. The molecule has 0 spiro atoms. The average Bonchev–Trinajstić information content (AvgIpc) is 2.87. The second-order valence-electron chi connectivity index (χ2n) is 3.78. The smallest absolute Gasteiger partial charge is 0.171 e. The number of rotatable bonds is 5. The molecule has 1 aromatic heterocycles. The predicted octanol–water partition coefficient (Wildman–Crippen LogP) is 2.08. The standard InChI is InChI=1S/C13H16N2O3/c1-14-8-9-6-13(18-15-9)11-7-10(16-2)4-5-12(11)17-3/h4-7,14H,8H2,1-3H3. The summed E-state index contributed by atoms with van der Waals surface area (Å²) >= 11 is 0. The number of nitrogens with zero attached hydrogens (tertiary/aromatic N) is 1. The average molecular weight is 248 g/mol. The van der Waals surface area contributed by atoms with Gasteiger partial charge in [-0.05, 0) is 25.2 Å². The highest BCUT2D eigenvalue weighted by Crippen LogP contribution is 2.33. The second-order valence-corrected chi connectivity index (χ2v) is 3.78. The molecule has 0 unspecified atom stereocenters. The molecule has 0 fully saturated rings. The molecule has 0 bridgehead atoms. The quantitative estimate of drug-likeness (QED) is 0.878. The van der Waals surface area contributed by atoms with Crippen molar-refractivity contribution in [3.63, 3.8) is 0 Å². The van der Waals surface area contributed by atoms with Gasteiger partial charge in [0.1, 0.15) is 11.5 Å². The summed E-state index contributed by atoms with van der Waals surface area (Å²) < 4.78 is 15.8. The summed E-state index contributed by atoms with van der Waals surface area (Å²) in [5.74, 6) is 2.14. The van der Waals surface area contributed by atoms with Crippen LogP contribution in [0.2, 0.25) is 0 Å². The molecule has 0 aliphatic rings. The van der Waals surface area contributed by atoms with E-state index in [4.69, 9.17) is 14.0 Å². The van der Waals surface area contributed by atoms with E-state index >= 15 is 0 Å². The van der Waals surface area contributed by atoms with Crippen molar-refractivity contribution in [2.45, 2.75) is 6.54 Å². The van der Waals surface area contributed by atoms with Crippen LogP contribution in [0.3, 0.4) is 0 Å². The molecule has 0 aliphatic carbocycles. The van der Waals surface area contributed by atoms with Crippen molar-refractivity contribution in [3.8, 4) is 22.8 Å². The van der Waals surface area contributed by atoms with Crippen LogP contribution in [0.4, 0.5) is 0 Å². The lowest BCUT2D eigenvalue weighted by Crippen LogP contribution is -2.04. The molecule has 0 radical (unpaired) electrons. The molecule has 2 aromatic rings. The van der Waals surface area contributed by atoms with Crippen LogP contribution in [0, 0.1) is 0 Å². The summed E-state index contributed by atoms with van der Waals surface area (Å²) in [6, 6.07) is 7.43. The van der Waals surface area contributed by atoms with Crippen molar-refractivity contribution in [2.75, 3.05) is 21.3 Å². The number of hydrogen-bond donors (Lipinski definition) is 1. The fourth-order valence-corrected chi connectivity index (χ4v) is 1.71. The minimum atomic E-state index is 0.662. The zero-order valence-electron chi connectivity index (χ0n) is 10.7. The Morgan fingerprint density at radius 2 is 2.06 bits per heavy atom. The minimum Gasteiger partial charge on any atom is -0.497 e. The Morgan fingerprint density at radius 3 is 2.72 bits per heavy atom. The van der Waals surface area contributed by atoms with Gasteiger partial charge < -0.3 is 19.3 Å². The van der Waals surface area contributed by atoms with Gasteiger partial charge >= 0.3 is 0 Å². The van der Waals surface area contributed by atoms with Crippen LogP contribution in [0.15, 0.2) is 28.8 Å². The number of ether oxygens (including phenoxy) is 2. The first-order valence-corrected chi connectivity index (χ1v) is 5.61. The fourth-order valence-electron chi connectivity index (χ4n) is 1.71. The highest BCUT2D eigenvalue weighted by molar-refractivity contribution is 5.67. The van der Waals surface area contributed by atoms with Crippen LogP contribution >= 0.6 is 0 Å². The van der Waals surface area contributed by atoms with E-state index in [0.717, 1.165) is 22.8 Å². The van der Waals surface area contributed by atoms with Crippen LogP contribution in [0.1, 0.15) is 5.69 Å². The van der Waals surface area contributed by atoms with Crippen molar-refractivity contribution < 1.29 is 14.0 Å². The lowest BCUT2D eigenvalue weighted by atomic mass is 10.1. The van der Waals surface area contributed by atoms with Crippen molar-refractivity contribution in [2.24, 2.45) is 0 Å². The first kappa shape index (κ1) is 12.4. The molecule has 0 saturated heterocycles. The molecule has 2 rings (SSSR count). The summed E-state index contributed by atoms with van der Waals surface area (Å²) in [5.41, 5.74) is 1.67. The summed E-state index contributed by atoms with van der Waals surface area (Å²) in [6.07, 6.45) is 0. The van der Waals surface area contributed by atoms with Gasteiger partial charge in [0.15, 0.2) is 5.76 Å². The van der Waals surface area contributed by atoms with Crippen molar-refractivity contribution in [1.29, 1.82) is 0 Å². The van der Waals surface area contributed by atoms with Gasteiger partial charge in [-0.15, -0.1) is 0 Å². The van der Waals surface area contributed by atoms with Crippen molar-refractivity contribution in [1.82, 2.24) is 10.5 Å². The van der Waals surface area contributed by atoms with Crippen LogP contribution < -0.4 is 14.8 Å². The summed E-state index contributed by atoms with van der Waals surface area (Å²) in [5, 5.41) is 7.00. The maximum absolute atomic E-state index is 5.32. The molecule has 0 amide bonds. The molecule has 1 heterocycles. The minimum absolute atomic E-state index is 0.662. The Hall–Kier alpha value is -2.01. The van der Waals surface area contributed by atoms with Crippen LogP contribution in [0.25, 0.3) is 11.3 Å². The van der Waals surface area contributed by atoms with Gasteiger partial charge in [-0.2, -0.15) is 0 Å². The van der Waals surface area contributed by atoms with Gasteiger partial charge in [0.25, 0.3) is 0 Å². The van der Waals surface area contributed by atoms with Gasteiger partial charge in [-0.25, -0.2) is 0 Å². The molecular formula is C13H16N2O3. The molecule has 5 nitrogen and oxygen atoms in total. The summed E-state index contributed by atoms with van der Waals surface area (Å²) in [4.78, 5) is 0. The maximum Gasteiger partial charge on any atom is 0.171 e. The Labute approximate surface area is 106 Å². The maximum atomic E-state index is 5.32. The van der Waals surface area contributed by atoms with Crippen molar-refractivity contribution in [3.05, 3.63) is 30.0 Å². The number of aromatic nitrogens is 1. The Bertz CT molecular complexity index is 523. The van der Waals surface area contributed by atoms with Gasteiger partial charge in [0, 0.05) is 12.6 Å². The van der Waals surface area contributed by atoms with Crippen LogP contribution in [-0.2, 0) is 6.54 Å². The molecular weight excluding hydrogens is 232 g/mol. The first-order valence-electron chi connectivity index (χ1n) is 5.61. The Morgan fingerprint density at radius 1 is 1.22 bits per heavy atom. The van der Waals surface area contributed by atoms with E-state index in [1.165, 1.54) is 0 Å². The van der Waals surface area contributed by atoms with Crippen LogP contribution in [0.5, 0.6) is 11.5 Å². The Kier molecular flexibility index (Phi) is 3.84. The van der Waals surface area contributed by atoms with E-state index in [9.17, 15) is 0 Å². The van der Waals surface area contributed by atoms with E-state index in [0.29, 0.717) is 12.3 Å². The fraction of sp³-hybridized carbons (Fsp3) is 0.308. The summed E-state index contributed by atoms with van der Waals surface area (Å²) in [6.45, 7) is 0.662. The lowest BCUT2D eigenvalue weighted by molar-refractivity contribution is 0.396. The van der Waals surface area contributed by atoms with Gasteiger partial charge in [-0.3, -0.25) is 0 Å². The van der Waals surface area contributed by atoms with Crippen molar-refractivity contribution >= 4 is 0 Å². The number of nitrogens with one attached hydrogen (secondary N) is 1. The third-order valence-electron chi connectivity index (χ3n) is 2.59. The van der Waals surface area contributed by atoms with Gasteiger partial charge in [0.2, 0.25) is 0 Å². The monoisotopic (exact) mass is 248 g/mol. The highest BCUT2D eigenvalue weighted by Gasteiger charge is 2.12. The highest BCUT2D eigenvalue weighted by atomic mass is 16.5. The molecule has 1 aromatic carbocycles. The molecule has 18 heavy (non-hydrogen) atoms. The van der Waals surface area contributed by atoms with E-state index in [1.807, 2.05) is 31.3 Å². The summed E-state index contributed by atoms with van der Waals surface area (Å²) in [7, 11) is 5.11. The Balaban J connectivity index is 2.40. The number of methoxy groups -OCH3 is 2. The molecule has 0 aliphatic heterocycles. The third kappa shape index (κ3) is 2.46. The third-order valence-corrected chi connectivity index (χ3v) is 2.59. The lowest BCUT2D eigenvalue weighted by Gasteiger charge is -2.07. The van der Waals surface area contributed by atoms with E-state index in [2.05, 4.69) is 10.5 Å². The molecule has 96 valence electrons. The first-order chi connectivity index (χ1) is 8.78. The van der Waals surface area contributed by atoms with Crippen LogP contribution in [-0.4, -0.2) is 26.4 Å². The van der Waals surface area contributed by atoms with E-state index in [1.54, 1.807) is 14.2 Å². The number of benzene rings is 1. The number of hydrogen-bond acceptors (Lipinski definition) is 5. The molecule has 5 heteroatoms. The largest absolute Gasteiger partial charge is 0.497 e. The van der Waals surface area contributed by atoms with E-state index < -0.39 is 0 Å².